The van der Waals surface area contributed by atoms with Gasteiger partial charge in [0.1, 0.15) is 0 Å². The topological polar surface area (TPSA) is 12.4 Å². The molecule has 3 aromatic carbocycles. The highest BCUT2D eigenvalue weighted by Gasteiger charge is 2.28. The van der Waals surface area contributed by atoms with Crippen LogP contribution in [0.4, 0.5) is 0 Å². The first-order chi connectivity index (χ1) is 15.4. The Morgan fingerprint density at radius 2 is 1.06 bits per heavy atom. The van der Waals surface area contributed by atoms with Crippen molar-refractivity contribution in [3.63, 3.8) is 0 Å². The summed E-state index contributed by atoms with van der Waals surface area (Å²) in [6.45, 7) is 0. The van der Waals surface area contributed by atoms with E-state index in [1.165, 1.54) is 27.1 Å². The lowest BCUT2D eigenvalue weighted by atomic mass is 10.1. The summed E-state index contributed by atoms with van der Waals surface area (Å²) >= 11 is 0. The van der Waals surface area contributed by atoms with Crippen LogP contribution in [0.15, 0.2) is 155 Å². The van der Waals surface area contributed by atoms with E-state index in [1.807, 2.05) is 0 Å². The maximum Gasteiger partial charge on any atom is 0.0660 e. The molecule has 0 aromatic heterocycles. The Kier molecular flexibility index (Phi) is 5.52. The van der Waals surface area contributed by atoms with E-state index in [9.17, 15) is 0 Å². The molecule has 2 aliphatic carbocycles. The fraction of sp³-hybridized carbons (Fsp3) is 0.0345. The third-order valence-electron chi connectivity index (χ3n) is 5.65. The zero-order valence-electron chi connectivity index (χ0n) is 17.3. The monoisotopic (exact) mass is 417 g/mol. The van der Waals surface area contributed by atoms with Gasteiger partial charge in [-0.05, 0) is 23.6 Å². The SMILES string of the molecule is C1=CC=C2CC(=C1)C=CC=C2N=P(c1ccccc1)(c1ccccc1)c1ccccc1. The molecule has 2 aliphatic rings. The first kappa shape index (κ1) is 19.5. The van der Waals surface area contributed by atoms with E-state index in [1.54, 1.807) is 0 Å². The first-order valence-electron chi connectivity index (χ1n) is 10.6. The van der Waals surface area contributed by atoms with Crippen LogP contribution >= 0.6 is 7.05 Å². The van der Waals surface area contributed by atoms with Crippen LogP contribution in [0.2, 0.25) is 0 Å². The summed E-state index contributed by atoms with van der Waals surface area (Å²) < 4.78 is 5.69. The fourth-order valence-corrected chi connectivity index (χ4v) is 7.73. The van der Waals surface area contributed by atoms with E-state index in [0.717, 1.165) is 12.1 Å². The number of rotatable bonds is 4. The van der Waals surface area contributed by atoms with Gasteiger partial charge in [0, 0.05) is 15.9 Å². The van der Waals surface area contributed by atoms with Crippen molar-refractivity contribution in [1.82, 2.24) is 0 Å². The fourth-order valence-electron chi connectivity index (χ4n) is 4.16. The second kappa shape index (κ2) is 8.76. The Labute approximate surface area is 184 Å². The predicted octanol–water partition coefficient (Wildman–Crippen LogP) is 6.43. The zero-order valence-corrected chi connectivity index (χ0v) is 18.2. The van der Waals surface area contributed by atoms with Crippen molar-refractivity contribution in [1.29, 1.82) is 0 Å². The van der Waals surface area contributed by atoms with Crippen LogP contribution in [-0.4, -0.2) is 0 Å². The predicted molar refractivity (Wildman–Crippen MR) is 135 cm³/mol. The molecule has 0 N–H and O–H groups in total. The van der Waals surface area contributed by atoms with Gasteiger partial charge in [0.15, 0.2) is 0 Å². The zero-order chi connectivity index (χ0) is 20.9. The Balaban J connectivity index is 1.86. The molecule has 3 aromatic rings. The van der Waals surface area contributed by atoms with E-state index in [0.29, 0.717) is 0 Å². The van der Waals surface area contributed by atoms with Crippen molar-refractivity contribution in [3.05, 3.63) is 150 Å². The average Bonchev–Trinajstić information content (AvgIpc) is 3.20. The third-order valence-corrected chi connectivity index (χ3v) is 9.31. The Hall–Kier alpha value is -3.41. The molecule has 0 heterocycles. The summed E-state index contributed by atoms with van der Waals surface area (Å²) in [4.78, 5) is 0. The van der Waals surface area contributed by atoms with Gasteiger partial charge in [-0.2, -0.15) is 0 Å². The second-order valence-electron chi connectivity index (χ2n) is 7.65. The average molecular weight is 417 g/mol. The Bertz CT molecular complexity index is 1170. The molecule has 0 saturated heterocycles. The highest BCUT2D eigenvalue weighted by molar-refractivity contribution is 7.87. The standard InChI is InChI=1S/C29H24NP/c1-4-16-26(17-5-1)31(27-18-6-2-7-19-27,28-20-8-3-9-21-28)30-29-22-12-14-24-13-10-11-15-25(29)23-24/h1-22H,23H2. The van der Waals surface area contributed by atoms with Gasteiger partial charge in [0.25, 0.3) is 0 Å². The quantitative estimate of drug-likeness (QED) is 0.434. The van der Waals surface area contributed by atoms with Crippen LogP contribution in [0, 0.1) is 0 Å². The molecule has 0 saturated carbocycles. The van der Waals surface area contributed by atoms with Crippen LogP contribution in [0.1, 0.15) is 6.42 Å². The Morgan fingerprint density at radius 3 is 1.61 bits per heavy atom. The van der Waals surface area contributed by atoms with Crippen molar-refractivity contribution < 1.29 is 0 Å². The molecule has 0 spiro atoms. The van der Waals surface area contributed by atoms with Crippen molar-refractivity contribution in [3.8, 4) is 0 Å². The van der Waals surface area contributed by atoms with Crippen LogP contribution in [-0.2, 0) is 0 Å². The normalized spacial score (nSPS) is 15.3. The highest BCUT2D eigenvalue weighted by atomic mass is 31.2. The number of allylic oxidation sites excluding steroid dienone is 9. The molecular weight excluding hydrogens is 393 g/mol. The molecule has 0 radical (unpaired) electrons. The molecule has 1 nitrogen and oxygen atoms in total. The molecule has 0 atom stereocenters. The molecule has 2 bridgehead atoms. The minimum Gasteiger partial charge on any atom is -0.254 e. The van der Waals surface area contributed by atoms with Crippen LogP contribution < -0.4 is 15.9 Å². The van der Waals surface area contributed by atoms with E-state index in [-0.39, 0.29) is 0 Å². The minimum absolute atomic E-state index is 0.900. The molecule has 0 fully saturated rings. The van der Waals surface area contributed by atoms with E-state index < -0.39 is 7.05 Å². The number of nitrogens with zero attached hydrogens (tertiary/aromatic N) is 1. The molecule has 0 amide bonds. The van der Waals surface area contributed by atoms with Crippen molar-refractivity contribution >= 4 is 23.0 Å². The number of benzene rings is 3. The van der Waals surface area contributed by atoms with E-state index in [2.05, 4.69) is 134 Å². The van der Waals surface area contributed by atoms with Crippen molar-refractivity contribution in [2.75, 3.05) is 0 Å². The summed E-state index contributed by atoms with van der Waals surface area (Å²) in [6, 6.07) is 32.4. The summed E-state index contributed by atoms with van der Waals surface area (Å²) in [6.07, 6.45) is 16.0. The maximum absolute atomic E-state index is 5.69. The third kappa shape index (κ3) is 3.85. The molecule has 31 heavy (non-hydrogen) atoms. The summed E-state index contributed by atoms with van der Waals surface area (Å²) in [5.41, 5.74) is 3.64. The lowest BCUT2D eigenvalue weighted by Crippen LogP contribution is -2.25. The summed E-state index contributed by atoms with van der Waals surface area (Å²) in [7, 11) is -2.26. The van der Waals surface area contributed by atoms with Gasteiger partial charge < -0.3 is 0 Å². The van der Waals surface area contributed by atoms with Crippen LogP contribution in [0.5, 0.6) is 0 Å². The van der Waals surface area contributed by atoms with Gasteiger partial charge in [0.2, 0.25) is 0 Å². The van der Waals surface area contributed by atoms with Crippen molar-refractivity contribution in [2.45, 2.75) is 6.42 Å². The minimum atomic E-state index is -2.26. The molecule has 0 aliphatic heterocycles. The van der Waals surface area contributed by atoms with Crippen molar-refractivity contribution in [2.24, 2.45) is 4.74 Å². The second-order valence-corrected chi connectivity index (χ2v) is 10.7. The van der Waals surface area contributed by atoms with Gasteiger partial charge in [0.05, 0.1) is 12.8 Å². The molecule has 2 heteroatoms. The lowest BCUT2D eigenvalue weighted by molar-refractivity contribution is 1.16. The van der Waals surface area contributed by atoms with Gasteiger partial charge in [-0.15, -0.1) is 0 Å². The van der Waals surface area contributed by atoms with Gasteiger partial charge in [-0.1, -0.05) is 127 Å². The van der Waals surface area contributed by atoms with Crippen LogP contribution in [0.3, 0.4) is 0 Å². The summed E-state index contributed by atoms with van der Waals surface area (Å²) in [5, 5.41) is 3.80. The van der Waals surface area contributed by atoms with E-state index in [4.69, 9.17) is 4.74 Å². The summed E-state index contributed by atoms with van der Waals surface area (Å²) in [5.74, 6) is 0. The largest absolute Gasteiger partial charge is 0.254 e. The maximum atomic E-state index is 5.69. The number of hydrogen-bond donors (Lipinski definition) is 0. The van der Waals surface area contributed by atoms with Gasteiger partial charge in [-0.25, -0.2) is 0 Å². The van der Waals surface area contributed by atoms with Crippen LogP contribution in [0.25, 0.3) is 0 Å². The molecule has 0 unspecified atom stereocenters. The first-order valence-corrected chi connectivity index (χ1v) is 12.3. The number of hydrogen-bond acceptors (Lipinski definition) is 1. The van der Waals surface area contributed by atoms with Gasteiger partial charge >= 0.3 is 0 Å². The lowest BCUT2D eigenvalue weighted by Gasteiger charge is -2.27. The highest BCUT2D eigenvalue weighted by Crippen LogP contribution is 2.49. The molecular formula is C29H24NP. The molecule has 150 valence electrons. The molecule has 5 rings (SSSR count). The van der Waals surface area contributed by atoms with E-state index >= 15 is 0 Å². The number of fused-ring (bicyclic) bond motifs is 2. The van der Waals surface area contributed by atoms with Gasteiger partial charge in [-0.3, -0.25) is 4.74 Å². The smallest absolute Gasteiger partial charge is 0.0660 e. The Morgan fingerprint density at radius 1 is 0.548 bits per heavy atom.